The van der Waals surface area contributed by atoms with Crippen LogP contribution in [0.3, 0.4) is 0 Å². The summed E-state index contributed by atoms with van der Waals surface area (Å²) in [5.41, 5.74) is -0.537. The predicted molar refractivity (Wildman–Crippen MR) is 67.7 cm³/mol. The smallest absolute Gasteiger partial charge is 0.0898 e. The Balaban J connectivity index is 1.76. The van der Waals surface area contributed by atoms with Crippen LogP contribution in [0, 0.1) is 0 Å². The monoisotopic (exact) mass is 240 g/mol. The zero-order chi connectivity index (χ0) is 11.4. The van der Waals surface area contributed by atoms with Crippen LogP contribution in [0.2, 0.25) is 0 Å². The van der Waals surface area contributed by atoms with Crippen molar-refractivity contribution in [1.29, 1.82) is 0 Å². The van der Waals surface area contributed by atoms with Gasteiger partial charge in [0.1, 0.15) is 0 Å². The van der Waals surface area contributed by atoms with Crippen molar-refractivity contribution in [3.63, 3.8) is 0 Å². The first kappa shape index (κ1) is 12.0. The van der Waals surface area contributed by atoms with Crippen molar-refractivity contribution >= 4 is 11.3 Å². The third-order valence-corrected chi connectivity index (χ3v) is 3.96. The molecule has 2 N–H and O–H groups in total. The van der Waals surface area contributed by atoms with Gasteiger partial charge in [0.25, 0.3) is 0 Å². The molecule has 1 unspecified atom stereocenters. The maximum absolute atomic E-state index is 10.4. The van der Waals surface area contributed by atoms with Crippen LogP contribution in [0.25, 0.3) is 0 Å². The summed E-state index contributed by atoms with van der Waals surface area (Å²) in [6.45, 7) is 3.44. The standard InChI is InChI=1S/C12H20N2OS/c1-14-6-3-5-12(15,10-14)9-13-8-11-4-2-7-16-11/h2,4,7,13,15H,3,5-6,8-10H2,1H3. The number of β-amino-alcohol motifs (C(OH)–C–C–N with tert-alkyl or cyclic N) is 1. The van der Waals surface area contributed by atoms with Gasteiger partial charge in [-0.15, -0.1) is 11.3 Å². The molecule has 1 atom stereocenters. The molecule has 0 amide bonds. The third kappa shape index (κ3) is 3.28. The number of likely N-dealkylation sites (N-methyl/N-ethyl adjacent to an activating group) is 1. The van der Waals surface area contributed by atoms with Crippen LogP contribution in [0.1, 0.15) is 17.7 Å². The van der Waals surface area contributed by atoms with Gasteiger partial charge in [0.15, 0.2) is 0 Å². The lowest BCUT2D eigenvalue weighted by molar-refractivity contribution is -0.0217. The van der Waals surface area contributed by atoms with E-state index < -0.39 is 5.60 Å². The van der Waals surface area contributed by atoms with E-state index in [1.807, 2.05) is 0 Å². The quantitative estimate of drug-likeness (QED) is 0.832. The summed E-state index contributed by atoms with van der Waals surface area (Å²) in [5, 5.41) is 15.8. The van der Waals surface area contributed by atoms with Gasteiger partial charge >= 0.3 is 0 Å². The molecule has 0 bridgehead atoms. The van der Waals surface area contributed by atoms with E-state index in [1.165, 1.54) is 4.88 Å². The van der Waals surface area contributed by atoms with Gasteiger partial charge in [-0.25, -0.2) is 0 Å². The molecule has 0 saturated carbocycles. The van der Waals surface area contributed by atoms with Crippen LogP contribution in [0.5, 0.6) is 0 Å². The molecule has 2 rings (SSSR count). The fraction of sp³-hybridized carbons (Fsp3) is 0.667. The molecule has 4 heteroatoms. The normalized spacial score (nSPS) is 27.1. The largest absolute Gasteiger partial charge is 0.387 e. The molecule has 16 heavy (non-hydrogen) atoms. The molecule has 3 nitrogen and oxygen atoms in total. The molecule has 2 heterocycles. The Kier molecular flexibility index (Phi) is 3.97. The van der Waals surface area contributed by atoms with Gasteiger partial charge in [-0.05, 0) is 37.9 Å². The lowest BCUT2D eigenvalue weighted by Crippen LogP contribution is -2.52. The number of hydrogen-bond acceptors (Lipinski definition) is 4. The van der Waals surface area contributed by atoms with Crippen molar-refractivity contribution in [2.45, 2.75) is 25.0 Å². The van der Waals surface area contributed by atoms with Gasteiger partial charge in [-0.1, -0.05) is 6.07 Å². The highest BCUT2D eigenvalue weighted by molar-refractivity contribution is 7.09. The van der Waals surface area contributed by atoms with Crippen LogP contribution in [0.15, 0.2) is 17.5 Å². The van der Waals surface area contributed by atoms with E-state index in [2.05, 4.69) is 34.8 Å². The number of piperidine rings is 1. The summed E-state index contributed by atoms with van der Waals surface area (Å²) < 4.78 is 0. The van der Waals surface area contributed by atoms with Crippen LogP contribution in [0.4, 0.5) is 0 Å². The van der Waals surface area contributed by atoms with Crippen molar-refractivity contribution in [1.82, 2.24) is 10.2 Å². The Morgan fingerprint density at radius 3 is 3.19 bits per heavy atom. The molecule has 1 aromatic heterocycles. The van der Waals surface area contributed by atoms with Crippen molar-refractivity contribution in [2.75, 3.05) is 26.7 Å². The number of thiophene rings is 1. The first-order valence-corrected chi connectivity index (χ1v) is 6.70. The molecule has 1 aliphatic rings. The summed E-state index contributed by atoms with van der Waals surface area (Å²) in [5.74, 6) is 0. The molecule has 1 saturated heterocycles. The van der Waals surface area contributed by atoms with E-state index in [4.69, 9.17) is 0 Å². The van der Waals surface area contributed by atoms with Gasteiger partial charge in [0.05, 0.1) is 5.60 Å². The van der Waals surface area contributed by atoms with E-state index >= 15 is 0 Å². The summed E-state index contributed by atoms with van der Waals surface area (Å²) in [6.07, 6.45) is 2.00. The first-order chi connectivity index (χ1) is 7.68. The number of likely N-dealkylation sites (tertiary alicyclic amines) is 1. The molecule has 0 aliphatic carbocycles. The molecule has 90 valence electrons. The second-order valence-corrected chi connectivity index (χ2v) is 5.78. The second-order valence-electron chi connectivity index (χ2n) is 4.75. The number of nitrogens with one attached hydrogen (secondary N) is 1. The Hall–Kier alpha value is -0.420. The zero-order valence-electron chi connectivity index (χ0n) is 9.78. The first-order valence-electron chi connectivity index (χ1n) is 5.82. The average molecular weight is 240 g/mol. The average Bonchev–Trinajstić information content (AvgIpc) is 2.69. The third-order valence-electron chi connectivity index (χ3n) is 3.08. The maximum Gasteiger partial charge on any atom is 0.0898 e. The number of aliphatic hydroxyl groups is 1. The number of hydrogen-bond donors (Lipinski definition) is 2. The lowest BCUT2D eigenvalue weighted by atomic mass is 9.93. The number of nitrogens with zero attached hydrogens (tertiary/aromatic N) is 1. The van der Waals surface area contributed by atoms with Crippen molar-refractivity contribution < 1.29 is 5.11 Å². The highest BCUT2D eigenvalue weighted by Gasteiger charge is 2.31. The van der Waals surface area contributed by atoms with E-state index in [1.54, 1.807) is 11.3 Å². The van der Waals surface area contributed by atoms with Crippen molar-refractivity contribution in [3.8, 4) is 0 Å². The lowest BCUT2D eigenvalue weighted by Gasteiger charge is -2.37. The molecule has 1 aliphatic heterocycles. The summed E-state index contributed by atoms with van der Waals surface area (Å²) >= 11 is 1.75. The molecule has 0 aromatic carbocycles. The van der Waals surface area contributed by atoms with Gasteiger partial charge in [-0.3, -0.25) is 0 Å². The highest BCUT2D eigenvalue weighted by atomic mass is 32.1. The summed E-state index contributed by atoms with van der Waals surface area (Å²) in [7, 11) is 2.07. The predicted octanol–water partition coefficient (Wildman–Crippen LogP) is 1.29. The van der Waals surface area contributed by atoms with Crippen LogP contribution >= 0.6 is 11.3 Å². The van der Waals surface area contributed by atoms with E-state index in [-0.39, 0.29) is 0 Å². The van der Waals surface area contributed by atoms with Crippen LogP contribution in [-0.2, 0) is 6.54 Å². The molecular formula is C12H20N2OS. The SMILES string of the molecule is CN1CCCC(O)(CNCc2cccs2)C1. The van der Waals surface area contributed by atoms with Gasteiger partial charge in [0, 0.05) is 24.5 Å². The van der Waals surface area contributed by atoms with Gasteiger partial charge in [0.2, 0.25) is 0 Å². The second kappa shape index (κ2) is 5.27. The van der Waals surface area contributed by atoms with Crippen molar-refractivity contribution in [3.05, 3.63) is 22.4 Å². The Bertz CT molecular complexity index is 315. The molecule has 0 spiro atoms. The van der Waals surface area contributed by atoms with E-state index in [0.29, 0.717) is 6.54 Å². The zero-order valence-corrected chi connectivity index (χ0v) is 10.6. The summed E-state index contributed by atoms with van der Waals surface area (Å²) in [6, 6.07) is 4.18. The highest BCUT2D eigenvalue weighted by Crippen LogP contribution is 2.19. The Morgan fingerprint density at radius 2 is 2.50 bits per heavy atom. The van der Waals surface area contributed by atoms with Crippen molar-refractivity contribution in [2.24, 2.45) is 0 Å². The Morgan fingerprint density at radius 1 is 1.62 bits per heavy atom. The Labute approximate surface area is 101 Å². The molecule has 0 radical (unpaired) electrons. The minimum atomic E-state index is -0.537. The number of rotatable bonds is 4. The van der Waals surface area contributed by atoms with Gasteiger partial charge < -0.3 is 15.3 Å². The van der Waals surface area contributed by atoms with E-state index in [0.717, 1.165) is 32.5 Å². The topological polar surface area (TPSA) is 35.5 Å². The molecular weight excluding hydrogens is 220 g/mol. The molecule has 1 fully saturated rings. The fourth-order valence-electron chi connectivity index (χ4n) is 2.31. The van der Waals surface area contributed by atoms with E-state index in [9.17, 15) is 5.11 Å². The van der Waals surface area contributed by atoms with Gasteiger partial charge in [-0.2, -0.15) is 0 Å². The maximum atomic E-state index is 10.4. The van der Waals surface area contributed by atoms with Crippen LogP contribution in [-0.4, -0.2) is 42.3 Å². The van der Waals surface area contributed by atoms with Crippen LogP contribution < -0.4 is 5.32 Å². The minimum Gasteiger partial charge on any atom is -0.387 e. The minimum absolute atomic E-state index is 0.537. The summed E-state index contributed by atoms with van der Waals surface area (Å²) in [4.78, 5) is 3.53. The fourth-order valence-corrected chi connectivity index (χ4v) is 2.99. The molecule has 1 aromatic rings.